The van der Waals surface area contributed by atoms with E-state index >= 15 is 0 Å². The van der Waals surface area contributed by atoms with Gasteiger partial charge in [0, 0.05) is 12.6 Å². The number of sulfonamides is 1. The van der Waals surface area contributed by atoms with Crippen molar-refractivity contribution in [3.05, 3.63) is 16.0 Å². The summed E-state index contributed by atoms with van der Waals surface area (Å²) in [6.45, 7) is 3.21. The van der Waals surface area contributed by atoms with Gasteiger partial charge in [-0.15, -0.1) is 11.3 Å². The second-order valence-electron chi connectivity index (χ2n) is 4.17. The van der Waals surface area contributed by atoms with Gasteiger partial charge in [-0.05, 0) is 37.9 Å². The molecule has 1 atom stereocenters. The Balaban J connectivity index is 2.03. The lowest BCUT2D eigenvalue weighted by Crippen LogP contribution is -2.36. The Hall–Kier alpha value is -0.140. The summed E-state index contributed by atoms with van der Waals surface area (Å²) in [6, 6.07) is 1.86. The van der Waals surface area contributed by atoms with Gasteiger partial charge in [0.05, 0.1) is 4.34 Å². The Morgan fingerprint density at radius 2 is 2.41 bits per heavy atom. The van der Waals surface area contributed by atoms with Crippen LogP contribution in [0.5, 0.6) is 0 Å². The van der Waals surface area contributed by atoms with Gasteiger partial charge in [-0.3, -0.25) is 0 Å². The van der Waals surface area contributed by atoms with Crippen LogP contribution in [0.3, 0.4) is 0 Å². The molecule has 2 heterocycles. The van der Waals surface area contributed by atoms with Gasteiger partial charge in [0.25, 0.3) is 0 Å². The van der Waals surface area contributed by atoms with Crippen molar-refractivity contribution in [1.82, 2.24) is 10.0 Å². The summed E-state index contributed by atoms with van der Waals surface area (Å²) in [4.78, 5) is 0. The molecule has 0 saturated carbocycles. The highest BCUT2D eigenvalue weighted by Gasteiger charge is 2.21. The third-order valence-corrected chi connectivity index (χ3v) is 6.23. The summed E-state index contributed by atoms with van der Waals surface area (Å²) in [5.41, 5.74) is 0.802. The third-order valence-electron chi connectivity index (χ3n) is 2.78. The molecule has 2 rings (SSSR count). The van der Waals surface area contributed by atoms with E-state index in [0.29, 0.717) is 10.9 Å². The maximum Gasteiger partial charge on any atom is 0.250 e. The Morgan fingerprint density at radius 3 is 2.94 bits per heavy atom. The van der Waals surface area contributed by atoms with E-state index in [-0.39, 0.29) is 10.3 Å². The predicted octanol–water partition coefficient (Wildman–Crippen LogP) is 1.74. The number of halogens is 1. The zero-order valence-corrected chi connectivity index (χ0v) is 11.9. The first-order valence-corrected chi connectivity index (χ1v) is 8.16. The molecule has 1 aromatic rings. The van der Waals surface area contributed by atoms with Crippen LogP contribution < -0.4 is 10.0 Å². The van der Waals surface area contributed by atoms with E-state index in [1.165, 1.54) is 0 Å². The van der Waals surface area contributed by atoms with Crippen LogP contribution in [-0.2, 0) is 10.0 Å². The lowest BCUT2D eigenvalue weighted by Gasteiger charge is -2.10. The van der Waals surface area contributed by atoms with Crippen LogP contribution in [-0.4, -0.2) is 27.5 Å². The van der Waals surface area contributed by atoms with Crippen molar-refractivity contribution in [3.63, 3.8) is 0 Å². The molecule has 4 nitrogen and oxygen atoms in total. The zero-order valence-electron chi connectivity index (χ0n) is 9.49. The van der Waals surface area contributed by atoms with Crippen LogP contribution in [0.4, 0.5) is 0 Å². The molecule has 0 aromatic carbocycles. The van der Waals surface area contributed by atoms with Gasteiger partial charge in [0.2, 0.25) is 10.0 Å². The number of aryl methyl sites for hydroxylation is 1. The minimum atomic E-state index is -3.41. The minimum absolute atomic E-state index is 0.251. The van der Waals surface area contributed by atoms with E-state index in [1.807, 2.05) is 0 Å². The topological polar surface area (TPSA) is 58.2 Å². The van der Waals surface area contributed by atoms with Crippen molar-refractivity contribution in [2.24, 2.45) is 0 Å². The summed E-state index contributed by atoms with van der Waals surface area (Å²) < 4.78 is 27.4. The lowest BCUT2D eigenvalue weighted by atomic mass is 10.2. The first-order chi connectivity index (χ1) is 7.99. The van der Waals surface area contributed by atoms with E-state index in [0.717, 1.165) is 36.3 Å². The Bertz CT molecular complexity index is 473. The first kappa shape index (κ1) is 13.3. The summed E-state index contributed by atoms with van der Waals surface area (Å²) >= 11 is 6.98. The molecule has 0 aliphatic carbocycles. The van der Waals surface area contributed by atoms with Gasteiger partial charge in [-0.25, -0.2) is 13.1 Å². The molecule has 1 fully saturated rings. The number of nitrogens with one attached hydrogen (secondary N) is 2. The second-order valence-corrected chi connectivity index (χ2v) is 7.82. The Labute approximate surface area is 110 Å². The summed E-state index contributed by atoms with van der Waals surface area (Å²) in [7, 11) is -3.41. The van der Waals surface area contributed by atoms with E-state index in [4.69, 9.17) is 11.6 Å². The highest BCUT2D eigenvalue weighted by molar-refractivity contribution is 7.91. The van der Waals surface area contributed by atoms with E-state index in [9.17, 15) is 8.42 Å². The largest absolute Gasteiger partial charge is 0.313 e. The normalized spacial score (nSPS) is 20.9. The summed E-state index contributed by atoms with van der Waals surface area (Å²) in [6.07, 6.45) is 2.13. The maximum atomic E-state index is 12.0. The predicted molar refractivity (Wildman–Crippen MR) is 70.3 cm³/mol. The van der Waals surface area contributed by atoms with Crippen LogP contribution in [0, 0.1) is 6.92 Å². The summed E-state index contributed by atoms with van der Waals surface area (Å²) in [5.74, 6) is 0. The molecular formula is C10H15ClN2O2S2. The van der Waals surface area contributed by atoms with Gasteiger partial charge in [0.1, 0.15) is 4.21 Å². The number of hydrogen-bond acceptors (Lipinski definition) is 4. The first-order valence-electron chi connectivity index (χ1n) is 5.48. The van der Waals surface area contributed by atoms with Crippen LogP contribution >= 0.6 is 22.9 Å². The molecule has 1 aromatic heterocycles. The fraction of sp³-hybridized carbons (Fsp3) is 0.600. The van der Waals surface area contributed by atoms with Crippen LogP contribution in [0.25, 0.3) is 0 Å². The van der Waals surface area contributed by atoms with Crippen molar-refractivity contribution >= 4 is 33.0 Å². The van der Waals surface area contributed by atoms with Crippen LogP contribution in [0.2, 0.25) is 4.34 Å². The van der Waals surface area contributed by atoms with E-state index in [1.54, 1.807) is 13.0 Å². The maximum absolute atomic E-state index is 12.0. The van der Waals surface area contributed by atoms with Gasteiger partial charge < -0.3 is 5.32 Å². The monoisotopic (exact) mass is 294 g/mol. The molecule has 7 heteroatoms. The molecule has 0 amide bonds. The van der Waals surface area contributed by atoms with Crippen molar-refractivity contribution in [2.45, 2.75) is 30.0 Å². The van der Waals surface area contributed by atoms with E-state index in [2.05, 4.69) is 10.0 Å². The zero-order chi connectivity index (χ0) is 12.5. The third kappa shape index (κ3) is 3.20. The molecule has 0 radical (unpaired) electrons. The molecule has 1 aliphatic heterocycles. The average Bonchev–Trinajstić information content (AvgIpc) is 2.87. The molecular weight excluding hydrogens is 280 g/mol. The van der Waals surface area contributed by atoms with Crippen molar-refractivity contribution in [2.75, 3.05) is 13.1 Å². The number of hydrogen-bond donors (Lipinski definition) is 2. The van der Waals surface area contributed by atoms with Crippen molar-refractivity contribution in [3.8, 4) is 0 Å². The second kappa shape index (κ2) is 5.24. The highest BCUT2D eigenvalue weighted by atomic mass is 35.5. The molecule has 96 valence electrons. The Morgan fingerprint density at radius 1 is 1.65 bits per heavy atom. The molecule has 0 bridgehead atoms. The molecule has 17 heavy (non-hydrogen) atoms. The molecule has 1 aliphatic rings. The van der Waals surface area contributed by atoms with Gasteiger partial charge in [0.15, 0.2) is 0 Å². The van der Waals surface area contributed by atoms with Crippen molar-refractivity contribution < 1.29 is 8.42 Å². The van der Waals surface area contributed by atoms with Gasteiger partial charge in [-0.1, -0.05) is 11.6 Å². The Kier molecular flexibility index (Phi) is 4.10. The average molecular weight is 295 g/mol. The number of rotatable bonds is 4. The van der Waals surface area contributed by atoms with E-state index < -0.39 is 10.0 Å². The standard InChI is InChI=1S/C10H15ClN2O2S2/c1-7-5-9(16-10(7)11)17(14,15)13-6-8-3-2-4-12-8/h5,8,12-13H,2-4,6H2,1H3. The van der Waals surface area contributed by atoms with Gasteiger partial charge in [-0.2, -0.15) is 0 Å². The fourth-order valence-electron chi connectivity index (χ4n) is 1.78. The highest BCUT2D eigenvalue weighted by Crippen LogP contribution is 2.29. The van der Waals surface area contributed by atoms with Crippen molar-refractivity contribution in [1.29, 1.82) is 0 Å². The molecule has 0 spiro atoms. The lowest BCUT2D eigenvalue weighted by molar-refractivity contribution is 0.553. The number of thiophene rings is 1. The van der Waals surface area contributed by atoms with Crippen LogP contribution in [0.1, 0.15) is 18.4 Å². The van der Waals surface area contributed by atoms with Crippen LogP contribution in [0.15, 0.2) is 10.3 Å². The summed E-state index contributed by atoms with van der Waals surface area (Å²) in [5, 5.41) is 3.25. The van der Waals surface area contributed by atoms with Gasteiger partial charge >= 0.3 is 0 Å². The minimum Gasteiger partial charge on any atom is -0.313 e. The fourth-order valence-corrected chi connectivity index (χ4v) is 4.61. The SMILES string of the molecule is Cc1cc(S(=O)(=O)NCC2CCCN2)sc1Cl. The quantitative estimate of drug-likeness (QED) is 0.889. The molecule has 2 N–H and O–H groups in total. The molecule has 1 unspecified atom stereocenters. The molecule has 1 saturated heterocycles. The smallest absolute Gasteiger partial charge is 0.250 e.